The lowest BCUT2D eigenvalue weighted by molar-refractivity contribution is -0.116. The fourth-order valence-corrected chi connectivity index (χ4v) is 3.21. The molecule has 0 radical (unpaired) electrons. The summed E-state index contributed by atoms with van der Waals surface area (Å²) in [7, 11) is 0. The summed E-state index contributed by atoms with van der Waals surface area (Å²) in [5, 5.41) is 0. The van der Waals surface area contributed by atoms with E-state index in [0.717, 1.165) is 17.7 Å². The van der Waals surface area contributed by atoms with Crippen molar-refractivity contribution < 1.29 is 14.3 Å². The van der Waals surface area contributed by atoms with Gasteiger partial charge in [-0.25, -0.2) is 0 Å². The Labute approximate surface area is 130 Å². The Bertz CT molecular complexity index is 614. The second-order valence-electron chi connectivity index (χ2n) is 6.21. The Morgan fingerprint density at radius 2 is 2.05 bits per heavy atom. The first-order chi connectivity index (χ1) is 10.5. The lowest BCUT2D eigenvalue weighted by Gasteiger charge is -2.37. The van der Waals surface area contributed by atoms with Crippen molar-refractivity contribution in [2.45, 2.75) is 39.3 Å². The van der Waals surface area contributed by atoms with Gasteiger partial charge in [-0.15, -0.1) is 0 Å². The minimum atomic E-state index is 0.0479. The van der Waals surface area contributed by atoms with E-state index in [4.69, 9.17) is 4.74 Å². The summed E-state index contributed by atoms with van der Waals surface area (Å²) in [4.78, 5) is 28.0. The summed E-state index contributed by atoms with van der Waals surface area (Å²) in [6.07, 6.45) is 0.883. The Hall–Kier alpha value is -1.88. The monoisotopic (exact) mass is 302 g/mol. The number of anilines is 1. The lowest BCUT2D eigenvalue weighted by atomic mass is 10.1. The number of amides is 2. The minimum absolute atomic E-state index is 0.0479. The number of hydrogen-bond donors (Lipinski definition) is 0. The van der Waals surface area contributed by atoms with E-state index >= 15 is 0 Å². The molecule has 2 aliphatic heterocycles. The van der Waals surface area contributed by atoms with Crippen molar-refractivity contribution in [3.05, 3.63) is 29.3 Å². The Morgan fingerprint density at radius 1 is 1.27 bits per heavy atom. The number of nitrogens with zero attached hydrogens (tertiary/aromatic N) is 2. The van der Waals surface area contributed by atoms with E-state index in [9.17, 15) is 9.59 Å². The molecule has 2 unspecified atom stereocenters. The molecule has 22 heavy (non-hydrogen) atoms. The van der Waals surface area contributed by atoms with Crippen LogP contribution in [0.1, 0.15) is 36.7 Å². The fraction of sp³-hybridized carbons (Fsp3) is 0.529. The van der Waals surface area contributed by atoms with E-state index in [1.807, 2.05) is 36.9 Å². The molecule has 1 aromatic rings. The Balaban J connectivity index is 1.84. The summed E-state index contributed by atoms with van der Waals surface area (Å²) in [5.74, 6) is 0.0974. The van der Waals surface area contributed by atoms with Crippen molar-refractivity contribution in [3.8, 4) is 0 Å². The molecule has 5 heteroatoms. The molecule has 118 valence electrons. The van der Waals surface area contributed by atoms with Crippen LogP contribution in [0.2, 0.25) is 0 Å². The van der Waals surface area contributed by atoms with Crippen LogP contribution in [0.4, 0.5) is 5.69 Å². The number of rotatable bonds is 1. The fourth-order valence-electron chi connectivity index (χ4n) is 3.21. The molecule has 0 saturated carbocycles. The summed E-state index contributed by atoms with van der Waals surface area (Å²) in [6.45, 7) is 7.47. The number of morpholine rings is 1. The Morgan fingerprint density at radius 3 is 2.77 bits per heavy atom. The molecule has 2 aliphatic rings. The first kappa shape index (κ1) is 15.0. The van der Waals surface area contributed by atoms with E-state index in [1.54, 1.807) is 11.8 Å². The summed E-state index contributed by atoms with van der Waals surface area (Å²) in [6, 6.07) is 5.75. The van der Waals surface area contributed by atoms with E-state index in [1.165, 1.54) is 0 Å². The number of fused-ring (bicyclic) bond motifs is 1. The largest absolute Gasteiger partial charge is 0.375 e. The predicted octanol–water partition coefficient (Wildman–Crippen LogP) is 1.84. The van der Waals surface area contributed by atoms with Crippen LogP contribution >= 0.6 is 0 Å². The third-order valence-corrected chi connectivity index (χ3v) is 4.47. The van der Waals surface area contributed by atoms with Crippen molar-refractivity contribution in [2.75, 3.05) is 24.6 Å². The van der Waals surface area contributed by atoms with Gasteiger partial charge >= 0.3 is 0 Å². The maximum atomic E-state index is 12.8. The quantitative estimate of drug-likeness (QED) is 0.795. The van der Waals surface area contributed by atoms with Crippen molar-refractivity contribution in [1.29, 1.82) is 0 Å². The molecule has 1 saturated heterocycles. The van der Waals surface area contributed by atoms with Gasteiger partial charge in [0.25, 0.3) is 5.91 Å². The van der Waals surface area contributed by atoms with Gasteiger partial charge in [0.05, 0.1) is 18.8 Å². The van der Waals surface area contributed by atoms with Crippen molar-refractivity contribution >= 4 is 17.5 Å². The van der Waals surface area contributed by atoms with Gasteiger partial charge < -0.3 is 14.5 Å². The molecule has 2 heterocycles. The molecule has 1 fully saturated rings. The lowest BCUT2D eigenvalue weighted by Crippen LogP contribution is -2.50. The van der Waals surface area contributed by atoms with Gasteiger partial charge in [-0.1, -0.05) is 0 Å². The average molecular weight is 302 g/mol. The van der Waals surface area contributed by atoms with Crippen LogP contribution in [0, 0.1) is 0 Å². The maximum Gasteiger partial charge on any atom is 0.254 e. The third kappa shape index (κ3) is 2.61. The first-order valence-electron chi connectivity index (χ1n) is 7.81. The second-order valence-corrected chi connectivity index (χ2v) is 6.21. The summed E-state index contributed by atoms with van der Waals surface area (Å²) < 4.78 is 5.58. The van der Waals surface area contributed by atoms with Gasteiger partial charge in [0.15, 0.2) is 0 Å². The zero-order valence-electron chi connectivity index (χ0n) is 13.3. The van der Waals surface area contributed by atoms with Crippen LogP contribution in [0.25, 0.3) is 0 Å². The third-order valence-electron chi connectivity index (χ3n) is 4.47. The minimum Gasteiger partial charge on any atom is -0.375 e. The normalized spacial score (nSPS) is 24.3. The molecule has 0 spiro atoms. The van der Waals surface area contributed by atoms with Gasteiger partial charge in [-0.05, 0) is 44.0 Å². The molecule has 5 nitrogen and oxygen atoms in total. The van der Waals surface area contributed by atoms with Crippen LogP contribution in [-0.4, -0.2) is 48.6 Å². The van der Waals surface area contributed by atoms with Crippen molar-refractivity contribution in [1.82, 2.24) is 4.90 Å². The van der Waals surface area contributed by atoms with E-state index in [0.29, 0.717) is 25.3 Å². The first-order valence-corrected chi connectivity index (χ1v) is 7.81. The predicted molar refractivity (Wildman–Crippen MR) is 84.1 cm³/mol. The molecule has 3 rings (SSSR count). The molecule has 0 bridgehead atoms. The molecule has 0 aliphatic carbocycles. The van der Waals surface area contributed by atoms with Crippen LogP contribution in [-0.2, 0) is 16.0 Å². The van der Waals surface area contributed by atoms with Crippen LogP contribution < -0.4 is 4.90 Å². The highest BCUT2D eigenvalue weighted by atomic mass is 16.5. The smallest absolute Gasteiger partial charge is 0.254 e. The van der Waals surface area contributed by atoms with Gasteiger partial charge in [0, 0.05) is 31.3 Å². The maximum absolute atomic E-state index is 12.8. The van der Waals surface area contributed by atoms with Crippen molar-refractivity contribution in [2.24, 2.45) is 0 Å². The van der Waals surface area contributed by atoms with Gasteiger partial charge in [-0.3, -0.25) is 9.59 Å². The molecule has 0 N–H and O–H groups in total. The Kier molecular flexibility index (Phi) is 3.91. The van der Waals surface area contributed by atoms with Crippen LogP contribution in [0.3, 0.4) is 0 Å². The van der Waals surface area contributed by atoms with Crippen LogP contribution in [0.15, 0.2) is 18.2 Å². The summed E-state index contributed by atoms with van der Waals surface area (Å²) >= 11 is 0. The standard InChI is InChI=1S/C17H22N2O3/c1-11-10-22-12(2)9-19(11)17(21)15-4-5-16-14(8-15)6-7-18(16)13(3)20/h4-5,8,11-12H,6-7,9-10H2,1-3H3. The number of carbonyl (C=O) groups is 2. The van der Waals surface area contributed by atoms with E-state index < -0.39 is 0 Å². The van der Waals surface area contributed by atoms with Gasteiger partial charge in [-0.2, -0.15) is 0 Å². The van der Waals surface area contributed by atoms with Crippen LogP contribution in [0.5, 0.6) is 0 Å². The number of benzene rings is 1. The highest BCUT2D eigenvalue weighted by Crippen LogP contribution is 2.29. The average Bonchev–Trinajstić information content (AvgIpc) is 2.92. The second kappa shape index (κ2) is 5.72. The topological polar surface area (TPSA) is 49.9 Å². The summed E-state index contributed by atoms with van der Waals surface area (Å²) in [5.41, 5.74) is 2.72. The van der Waals surface area contributed by atoms with Crippen molar-refractivity contribution in [3.63, 3.8) is 0 Å². The SMILES string of the molecule is CC(=O)N1CCc2cc(C(=O)N3CC(C)OCC3C)ccc21. The molecule has 2 amide bonds. The van der Waals surface area contributed by atoms with Gasteiger partial charge in [0.2, 0.25) is 5.91 Å². The highest BCUT2D eigenvalue weighted by Gasteiger charge is 2.29. The van der Waals surface area contributed by atoms with E-state index in [2.05, 4.69) is 0 Å². The molecule has 1 aromatic carbocycles. The zero-order valence-corrected chi connectivity index (χ0v) is 13.3. The highest BCUT2D eigenvalue weighted by molar-refractivity contribution is 5.98. The molecular formula is C17H22N2O3. The molecule has 0 aromatic heterocycles. The zero-order chi connectivity index (χ0) is 15.9. The number of ether oxygens (including phenoxy) is 1. The molecular weight excluding hydrogens is 280 g/mol. The number of hydrogen-bond acceptors (Lipinski definition) is 3. The molecule has 2 atom stereocenters. The van der Waals surface area contributed by atoms with E-state index in [-0.39, 0.29) is 24.0 Å². The van der Waals surface area contributed by atoms with Gasteiger partial charge in [0.1, 0.15) is 0 Å². The number of carbonyl (C=O) groups excluding carboxylic acids is 2.